The minimum absolute atomic E-state index is 0.236. The second-order valence-corrected chi connectivity index (χ2v) is 8.79. The van der Waals surface area contributed by atoms with Gasteiger partial charge in [-0.05, 0) is 75.4 Å². The molecule has 1 aliphatic rings. The van der Waals surface area contributed by atoms with Gasteiger partial charge in [-0.1, -0.05) is 17.7 Å². The van der Waals surface area contributed by atoms with Crippen molar-refractivity contribution >= 4 is 16.8 Å². The Balaban J connectivity index is 1.33. The van der Waals surface area contributed by atoms with E-state index in [0.29, 0.717) is 25.4 Å². The Hall–Kier alpha value is -2.95. The highest BCUT2D eigenvalue weighted by Gasteiger charge is 2.26. The first-order chi connectivity index (χ1) is 15.5. The van der Waals surface area contributed by atoms with E-state index in [4.69, 9.17) is 9.47 Å². The van der Waals surface area contributed by atoms with E-state index >= 15 is 0 Å². The van der Waals surface area contributed by atoms with E-state index in [1.54, 1.807) is 7.11 Å². The molecule has 0 unspecified atom stereocenters. The summed E-state index contributed by atoms with van der Waals surface area (Å²) < 4.78 is 11.0. The normalized spacial score (nSPS) is 14.7. The van der Waals surface area contributed by atoms with Crippen molar-refractivity contribution in [3.05, 3.63) is 58.8 Å². The maximum Gasteiger partial charge on any atom is 0.222 e. The first-order valence-electron chi connectivity index (χ1n) is 11.7. The molecule has 3 aromatic rings. The molecule has 5 heteroatoms. The van der Waals surface area contributed by atoms with Crippen molar-refractivity contribution in [3.63, 3.8) is 0 Å². The minimum Gasteiger partial charge on any atom is -0.493 e. The number of ether oxygens (including phenoxy) is 2. The number of aryl methyl sites for hydroxylation is 3. The third-order valence-electron chi connectivity index (χ3n) is 6.66. The Bertz CT molecular complexity index is 1090. The second kappa shape index (κ2) is 9.68. The largest absolute Gasteiger partial charge is 0.493 e. The Morgan fingerprint density at radius 2 is 1.88 bits per heavy atom. The van der Waals surface area contributed by atoms with Gasteiger partial charge in [-0.15, -0.1) is 0 Å². The number of amides is 1. The van der Waals surface area contributed by atoms with Crippen LogP contribution in [0.1, 0.15) is 54.5 Å². The molecule has 5 nitrogen and oxygen atoms in total. The number of likely N-dealkylation sites (tertiary alicyclic amines) is 1. The van der Waals surface area contributed by atoms with Gasteiger partial charge in [-0.3, -0.25) is 4.79 Å². The van der Waals surface area contributed by atoms with Gasteiger partial charge in [0.05, 0.1) is 13.7 Å². The molecule has 32 heavy (non-hydrogen) atoms. The van der Waals surface area contributed by atoms with Crippen molar-refractivity contribution in [2.75, 3.05) is 26.8 Å². The summed E-state index contributed by atoms with van der Waals surface area (Å²) in [4.78, 5) is 18.5. The van der Waals surface area contributed by atoms with E-state index in [0.717, 1.165) is 43.0 Å². The number of methoxy groups -OCH3 is 1. The van der Waals surface area contributed by atoms with Crippen LogP contribution in [-0.4, -0.2) is 42.6 Å². The fraction of sp³-hybridized carbons (Fsp3) is 0.444. The molecule has 1 aromatic heterocycles. The molecule has 1 saturated heterocycles. The van der Waals surface area contributed by atoms with E-state index in [1.165, 1.54) is 27.7 Å². The SMILES string of the molecule is CCOc1ccc(CCC(=O)N2CCC(c3[nH]c4ccc(C)cc4c3C)CC2)cc1OC. The number of hydrogen-bond donors (Lipinski definition) is 1. The number of nitrogens with one attached hydrogen (secondary N) is 1. The Morgan fingerprint density at radius 1 is 1.09 bits per heavy atom. The summed E-state index contributed by atoms with van der Waals surface area (Å²) in [6.07, 6.45) is 3.25. The van der Waals surface area contributed by atoms with Gasteiger partial charge in [0, 0.05) is 42.0 Å². The molecule has 0 spiro atoms. The first kappa shape index (κ1) is 22.3. The van der Waals surface area contributed by atoms with Crippen molar-refractivity contribution in [3.8, 4) is 11.5 Å². The number of aromatic amines is 1. The van der Waals surface area contributed by atoms with Gasteiger partial charge in [-0.25, -0.2) is 0 Å². The summed E-state index contributed by atoms with van der Waals surface area (Å²) in [6.45, 7) is 8.56. The minimum atomic E-state index is 0.236. The third kappa shape index (κ3) is 4.62. The average molecular weight is 435 g/mol. The molecule has 1 aliphatic heterocycles. The van der Waals surface area contributed by atoms with Gasteiger partial charge in [0.25, 0.3) is 0 Å². The molecule has 170 valence electrons. The highest BCUT2D eigenvalue weighted by atomic mass is 16.5. The van der Waals surface area contributed by atoms with Gasteiger partial charge >= 0.3 is 0 Å². The summed E-state index contributed by atoms with van der Waals surface area (Å²) in [6, 6.07) is 12.5. The van der Waals surface area contributed by atoms with Crippen molar-refractivity contribution in [2.45, 2.75) is 52.4 Å². The van der Waals surface area contributed by atoms with Crippen LogP contribution in [0.4, 0.5) is 0 Å². The fourth-order valence-electron chi connectivity index (χ4n) is 4.84. The van der Waals surface area contributed by atoms with Crippen molar-refractivity contribution in [1.82, 2.24) is 9.88 Å². The van der Waals surface area contributed by atoms with Crippen LogP contribution in [0.3, 0.4) is 0 Å². The number of benzene rings is 2. The Morgan fingerprint density at radius 3 is 2.59 bits per heavy atom. The number of aromatic nitrogens is 1. The summed E-state index contributed by atoms with van der Waals surface area (Å²) in [5, 5.41) is 1.32. The molecule has 1 fully saturated rings. The zero-order chi connectivity index (χ0) is 22.7. The maximum absolute atomic E-state index is 12.8. The molecule has 2 aromatic carbocycles. The summed E-state index contributed by atoms with van der Waals surface area (Å²) >= 11 is 0. The van der Waals surface area contributed by atoms with E-state index in [-0.39, 0.29) is 5.91 Å². The zero-order valence-corrected chi connectivity index (χ0v) is 19.7. The molecule has 4 rings (SSSR count). The van der Waals surface area contributed by atoms with Gasteiger partial charge in [0.1, 0.15) is 0 Å². The Kier molecular flexibility index (Phi) is 6.73. The number of rotatable bonds is 7. The molecule has 0 bridgehead atoms. The van der Waals surface area contributed by atoms with Crippen LogP contribution in [0, 0.1) is 13.8 Å². The third-order valence-corrected chi connectivity index (χ3v) is 6.66. The lowest BCUT2D eigenvalue weighted by Crippen LogP contribution is -2.38. The predicted octanol–water partition coefficient (Wildman–Crippen LogP) is 5.53. The smallest absolute Gasteiger partial charge is 0.222 e. The van der Waals surface area contributed by atoms with Crippen molar-refractivity contribution in [1.29, 1.82) is 0 Å². The topological polar surface area (TPSA) is 54.6 Å². The molecule has 1 amide bonds. The van der Waals surface area contributed by atoms with Crippen LogP contribution in [0.2, 0.25) is 0 Å². The van der Waals surface area contributed by atoms with Crippen LogP contribution in [0.5, 0.6) is 11.5 Å². The average Bonchev–Trinajstić information content (AvgIpc) is 3.14. The summed E-state index contributed by atoms with van der Waals surface area (Å²) in [5.41, 5.74) is 6.30. The number of carbonyl (C=O) groups is 1. The zero-order valence-electron chi connectivity index (χ0n) is 19.7. The lowest BCUT2D eigenvalue weighted by molar-refractivity contribution is -0.132. The molecule has 0 saturated carbocycles. The number of carbonyl (C=O) groups excluding carboxylic acids is 1. The van der Waals surface area contributed by atoms with Crippen LogP contribution >= 0.6 is 0 Å². The van der Waals surface area contributed by atoms with Crippen LogP contribution in [0.25, 0.3) is 10.9 Å². The van der Waals surface area contributed by atoms with Gasteiger partial charge in [-0.2, -0.15) is 0 Å². The van der Waals surface area contributed by atoms with Crippen LogP contribution < -0.4 is 9.47 Å². The predicted molar refractivity (Wildman–Crippen MR) is 129 cm³/mol. The molecule has 0 aliphatic carbocycles. The molecular weight excluding hydrogens is 400 g/mol. The maximum atomic E-state index is 12.8. The molecule has 1 N–H and O–H groups in total. The number of nitrogens with zero attached hydrogens (tertiary/aromatic N) is 1. The van der Waals surface area contributed by atoms with E-state index in [1.807, 2.05) is 30.0 Å². The van der Waals surface area contributed by atoms with Crippen molar-refractivity contribution < 1.29 is 14.3 Å². The van der Waals surface area contributed by atoms with Crippen LogP contribution in [0.15, 0.2) is 36.4 Å². The Labute approximate surface area is 190 Å². The van der Waals surface area contributed by atoms with Gasteiger partial charge < -0.3 is 19.4 Å². The lowest BCUT2D eigenvalue weighted by Gasteiger charge is -2.32. The van der Waals surface area contributed by atoms with E-state index < -0.39 is 0 Å². The monoisotopic (exact) mass is 434 g/mol. The second-order valence-electron chi connectivity index (χ2n) is 8.79. The van der Waals surface area contributed by atoms with Gasteiger partial charge in [0.2, 0.25) is 5.91 Å². The highest BCUT2D eigenvalue weighted by molar-refractivity contribution is 5.85. The molecule has 2 heterocycles. The number of fused-ring (bicyclic) bond motifs is 1. The van der Waals surface area contributed by atoms with Crippen molar-refractivity contribution in [2.24, 2.45) is 0 Å². The number of hydrogen-bond acceptors (Lipinski definition) is 3. The fourth-order valence-corrected chi connectivity index (χ4v) is 4.84. The first-order valence-corrected chi connectivity index (χ1v) is 11.7. The molecule has 0 atom stereocenters. The number of piperidine rings is 1. The van der Waals surface area contributed by atoms with Crippen LogP contribution in [-0.2, 0) is 11.2 Å². The summed E-state index contributed by atoms with van der Waals surface area (Å²) in [7, 11) is 1.65. The lowest BCUT2D eigenvalue weighted by atomic mass is 9.91. The quantitative estimate of drug-likeness (QED) is 0.532. The van der Waals surface area contributed by atoms with E-state index in [2.05, 4.69) is 37.0 Å². The highest BCUT2D eigenvalue weighted by Crippen LogP contribution is 2.34. The van der Waals surface area contributed by atoms with E-state index in [9.17, 15) is 4.79 Å². The molecule has 0 radical (unpaired) electrons. The number of H-pyrrole nitrogens is 1. The van der Waals surface area contributed by atoms with Gasteiger partial charge in [0.15, 0.2) is 11.5 Å². The standard InChI is InChI=1S/C27H34N2O3/c1-5-32-24-10-7-20(17-25(24)31-4)8-11-26(30)29-14-12-21(13-15-29)27-19(3)22-16-18(2)6-9-23(22)28-27/h6-7,9-10,16-17,21,28H,5,8,11-15H2,1-4H3. The summed E-state index contributed by atoms with van der Waals surface area (Å²) in [5.74, 6) is 2.19. The molecular formula is C27H34N2O3.